The van der Waals surface area contributed by atoms with Gasteiger partial charge in [0.05, 0.1) is 11.8 Å². The average Bonchev–Trinajstić information content (AvgIpc) is 2.87. The van der Waals surface area contributed by atoms with Crippen LogP contribution >= 0.6 is 15.9 Å². The largest absolute Gasteiger partial charge is 0.338 e. The molecule has 0 spiro atoms. The maximum absolute atomic E-state index is 12.1. The van der Waals surface area contributed by atoms with Crippen molar-refractivity contribution < 1.29 is 4.79 Å². The molecule has 5 heteroatoms. The summed E-state index contributed by atoms with van der Waals surface area (Å²) in [5.74, 6) is 0.769. The number of likely N-dealkylation sites (tertiary alicyclic amines) is 1. The summed E-state index contributed by atoms with van der Waals surface area (Å²) in [6.07, 6.45) is 5.69. The molecule has 1 amide bonds. The van der Waals surface area contributed by atoms with Crippen molar-refractivity contribution in [2.75, 3.05) is 18.4 Å². The summed E-state index contributed by atoms with van der Waals surface area (Å²) >= 11 is 3.45. The fourth-order valence-electron chi connectivity index (χ4n) is 2.12. The molecule has 88 valence electrons. The van der Waals surface area contributed by atoms with Crippen molar-refractivity contribution in [3.63, 3.8) is 0 Å². The van der Waals surface area contributed by atoms with E-state index in [4.69, 9.17) is 0 Å². The van der Waals surface area contributed by atoms with E-state index in [-0.39, 0.29) is 5.91 Å². The zero-order valence-corrected chi connectivity index (χ0v) is 11.0. The average molecular weight is 286 g/mol. The van der Waals surface area contributed by atoms with Crippen LogP contribution in [-0.4, -0.2) is 39.0 Å². The molecule has 16 heavy (non-hydrogen) atoms. The Morgan fingerprint density at radius 2 is 2.50 bits per heavy atom. The molecule has 1 unspecified atom stereocenters. The number of rotatable bonds is 3. The fourth-order valence-corrected chi connectivity index (χ4v) is 2.77. The van der Waals surface area contributed by atoms with Gasteiger partial charge in [0.15, 0.2) is 0 Å². The van der Waals surface area contributed by atoms with Crippen LogP contribution in [0.3, 0.4) is 0 Å². The van der Waals surface area contributed by atoms with Crippen LogP contribution in [0.2, 0.25) is 0 Å². The lowest BCUT2D eigenvalue weighted by atomic mass is 10.1. The number of hydrogen-bond acceptors (Lipinski definition) is 2. The first-order chi connectivity index (χ1) is 7.70. The Balaban J connectivity index is 1.97. The Labute approximate surface area is 104 Å². The molecule has 1 aliphatic heterocycles. The first-order valence-corrected chi connectivity index (χ1v) is 6.66. The van der Waals surface area contributed by atoms with Gasteiger partial charge in [-0.2, -0.15) is 5.10 Å². The highest BCUT2D eigenvalue weighted by molar-refractivity contribution is 9.09. The number of amides is 1. The zero-order valence-electron chi connectivity index (χ0n) is 9.40. The Morgan fingerprint density at radius 1 is 1.69 bits per heavy atom. The fraction of sp³-hybridized carbons (Fsp3) is 0.636. The van der Waals surface area contributed by atoms with E-state index in [1.54, 1.807) is 17.1 Å². The summed E-state index contributed by atoms with van der Waals surface area (Å²) in [4.78, 5) is 14.0. The predicted octanol–water partition coefficient (Wildman–Crippen LogP) is 1.67. The quantitative estimate of drug-likeness (QED) is 0.793. The van der Waals surface area contributed by atoms with Crippen molar-refractivity contribution in [1.82, 2.24) is 14.7 Å². The Morgan fingerprint density at radius 3 is 3.12 bits per heavy atom. The van der Waals surface area contributed by atoms with Gasteiger partial charge in [0.2, 0.25) is 0 Å². The second-order valence-corrected chi connectivity index (χ2v) is 5.08. The maximum Gasteiger partial charge on any atom is 0.257 e. The van der Waals surface area contributed by atoms with Gasteiger partial charge in [0, 0.05) is 31.7 Å². The highest BCUT2D eigenvalue weighted by atomic mass is 79.9. The third-order valence-electron chi connectivity index (χ3n) is 3.04. The first kappa shape index (κ1) is 11.6. The molecule has 1 atom stereocenters. The van der Waals surface area contributed by atoms with E-state index in [1.165, 1.54) is 0 Å². The number of hydrogen-bond donors (Lipinski definition) is 0. The molecular weight excluding hydrogens is 270 g/mol. The van der Waals surface area contributed by atoms with Crippen LogP contribution in [0.4, 0.5) is 0 Å². The summed E-state index contributed by atoms with van der Waals surface area (Å²) in [5.41, 5.74) is 0.696. The minimum absolute atomic E-state index is 0.116. The number of nitrogens with zero attached hydrogens (tertiary/aromatic N) is 3. The highest BCUT2D eigenvalue weighted by Crippen LogP contribution is 2.21. The van der Waals surface area contributed by atoms with Gasteiger partial charge in [-0.05, 0) is 18.8 Å². The van der Waals surface area contributed by atoms with E-state index in [2.05, 4.69) is 21.0 Å². The molecular formula is C11H16BrN3O. The van der Waals surface area contributed by atoms with E-state index in [9.17, 15) is 4.79 Å². The topological polar surface area (TPSA) is 38.1 Å². The van der Waals surface area contributed by atoms with E-state index < -0.39 is 0 Å². The second kappa shape index (κ2) is 4.99. The van der Waals surface area contributed by atoms with Gasteiger partial charge in [-0.3, -0.25) is 9.48 Å². The summed E-state index contributed by atoms with van der Waals surface area (Å²) in [6.45, 7) is 1.77. The van der Waals surface area contributed by atoms with Gasteiger partial charge in [0.1, 0.15) is 0 Å². The molecule has 0 N–H and O–H groups in total. The van der Waals surface area contributed by atoms with Crippen molar-refractivity contribution in [2.45, 2.75) is 12.8 Å². The summed E-state index contributed by atoms with van der Waals surface area (Å²) < 4.78 is 1.67. The molecule has 2 rings (SSSR count). The Kier molecular flexibility index (Phi) is 3.63. The van der Waals surface area contributed by atoms with Crippen LogP contribution in [0.1, 0.15) is 23.2 Å². The number of alkyl halides is 1. The normalized spacial score (nSPS) is 20.4. The molecule has 2 heterocycles. The molecule has 1 aliphatic rings. The molecule has 1 saturated heterocycles. The number of aromatic nitrogens is 2. The standard InChI is InChI=1S/C11H16BrN3O/c1-14-8-10(6-13-14)11(16)15-5-3-9(7-15)2-4-12/h6,8-9H,2-5,7H2,1H3. The van der Waals surface area contributed by atoms with E-state index in [1.807, 2.05) is 11.9 Å². The Bertz CT molecular complexity index is 377. The van der Waals surface area contributed by atoms with E-state index in [0.29, 0.717) is 11.5 Å². The number of carbonyl (C=O) groups excluding carboxylic acids is 1. The molecule has 1 fully saturated rings. The molecule has 0 saturated carbocycles. The van der Waals surface area contributed by atoms with Gasteiger partial charge in [-0.15, -0.1) is 0 Å². The summed E-state index contributed by atoms with van der Waals surface area (Å²) in [7, 11) is 1.83. The van der Waals surface area contributed by atoms with Crippen molar-refractivity contribution in [3.05, 3.63) is 18.0 Å². The maximum atomic E-state index is 12.1. The molecule has 0 aromatic carbocycles. The smallest absolute Gasteiger partial charge is 0.257 e. The molecule has 1 aromatic heterocycles. The summed E-state index contributed by atoms with van der Waals surface area (Å²) in [5, 5.41) is 5.05. The van der Waals surface area contributed by atoms with Crippen LogP contribution in [0, 0.1) is 5.92 Å². The van der Waals surface area contributed by atoms with Crippen LogP contribution in [0.15, 0.2) is 12.4 Å². The SMILES string of the molecule is Cn1cc(C(=O)N2CCC(CCBr)C2)cn1. The third-order valence-corrected chi connectivity index (χ3v) is 3.50. The molecule has 4 nitrogen and oxygen atoms in total. The Hall–Kier alpha value is -0.840. The first-order valence-electron chi connectivity index (χ1n) is 5.54. The van der Waals surface area contributed by atoms with E-state index in [0.717, 1.165) is 31.3 Å². The minimum Gasteiger partial charge on any atom is -0.338 e. The molecule has 0 radical (unpaired) electrons. The number of carbonyl (C=O) groups is 1. The number of halogens is 1. The molecule has 0 bridgehead atoms. The van der Waals surface area contributed by atoms with Crippen molar-refractivity contribution in [2.24, 2.45) is 13.0 Å². The lowest BCUT2D eigenvalue weighted by molar-refractivity contribution is 0.0787. The predicted molar refractivity (Wildman–Crippen MR) is 65.6 cm³/mol. The number of aryl methyl sites for hydroxylation is 1. The van der Waals surface area contributed by atoms with Crippen LogP contribution in [-0.2, 0) is 7.05 Å². The summed E-state index contributed by atoms with van der Waals surface area (Å²) in [6, 6.07) is 0. The second-order valence-electron chi connectivity index (χ2n) is 4.29. The van der Waals surface area contributed by atoms with Crippen LogP contribution in [0.25, 0.3) is 0 Å². The van der Waals surface area contributed by atoms with Crippen LogP contribution < -0.4 is 0 Å². The lowest BCUT2D eigenvalue weighted by Crippen LogP contribution is -2.28. The zero-order chi connectivity index (χ0) is 11.5. The molecule has 1 aromatic rings. The van der Waals surface area contributed by atoms with Crippen LogP contribution in [0.5, 0.6) is 0 Å². The van der Waals surface area contributed by atoms with Gasteiger partial charge in [-0.1, -0.05) is 15.9 Å². The van der Waals surface area contributed by atoms with Crippen molar-refractivity contribution in [1.29, 1.82) is 0 Å². The minimum atomic E-state index is 0.116. The van der Waals surface area contributed by atoms with Gasteiger partial charge >= 0.3 is 0 Å². The van der Waals surface area contributed by atoms with Gasteiger partial charge in [0.25, 0.3) is 5.91 Å². The van der Waals surface area contributed by atoms with Gasteiger partial charge in [-0.25, -0.2) is 0 Å². The van der Waals surface area contributed by atoms with E-state index >= 15 is 0 Å². The van der Waals surface area contributed by atoms with Gasteiger partial charge < -0.3 is 4.90 Å². The third kappa shape index (κ3) is 2.45. The highest BCUT2D eigenvalue weighted by Gasteiger charge is 2.26. The monoisotopic (exact) mass is 285 g/mol. The molecule has 0 aliphatic carbocycles. The lowest BCUT2D eigenvalue weighted by Gasteiger charge is -2.15. The van der Waals surface area contributed by atoms with Crippen molar-refractivity contribution >= 4 is 21.8 Å². The van der Waals surface area contributed by atoms with Crippen molar-refractivity contribution in [3.8, 4) is 0 Å².